The zero-order valence-electron chi connectivity index (χ0n) is 12.0. The molecule has 1 saturated heterocycles. The normalized spacial score (nSPS) is 21.0. The van der Waals surface area contributed by atoms with Gasteiger partial charge >= 0.3 is 0 Å². The molecule has 1 amide bonds. The monoisotopic (exact) mass is 294 g/mol. The van der Waals surface area contributed by atoms with Crippen molar-refractivity contribution in [3.8, 4) is 0 Å². The van der Waals surface area contributed by atoms with Gasteiger partial charge in [-0.15, -0.1) is 0 Å². The van der Waals surface area contributed by atoms with Crippen molar-refractivity contribution < 1.29 is 4.79 Å². The summed E-state index contributed by atoms with van der Waals surface area (Å²) in [5.41, 5.74) is 1.11. The number of hydrogen-bond donors (Lipinski definition) is 2. The first-order valence-corrected chi connectivity index (χ1v) is 7.87. The van der Waals surface area contributed by atoms with Crippen molar-refractivity contribution in [2.24, 2.45) is 0 Å². The van der Waals surface area contributed by atoms with Crippen LogP contribution in [0.4, 0.5) is 0 Å². The van der Waals surface area contributed by atoms with Crippen LogP contribution in [0.1, 0.15) is 50.6 Å². The van der Waals surface area contributed by atoms with Gasteiger partial charge in [0.15, 0.2) is 0 Å². The van der Waals surface area contributed by atoms with Crippen molar-refractivity contribution in [2.45, 2.75) is 51.1 Å². The first-order chi connectivity index (χ1) is 9.70. The van der Waals surface area contributed by atoms with Crippen molar-refractivity contribution in [3.05, 3.63) is 34.9 Å². The lowest BCUT2D eigenvalue weighted by molar-refractivity contribution is -0.124. The summed E-state index contributed by atoms with van der Waals surface area (Å²) in [5.74, 6) is 0.119. The molecule has 1 aromatic carbocycles. The highest BCUT2D eigenvalue weighted by Gasteiger charge is 2.22. The number of benzene rings is 1. The summed E-state index contributed by atoms with van der Waals surface area (Å²) >= 11 is 5.91. The highest BCUT2D eigenvalue weighted by Crippen LogP contribution is 2.20. The minimum absolute atomic E-state index is 0.0427. The standard InChI is InChI=1S/C16H23ClN2O/c1-2-14(12-7-9-13(17)10-8-12)19-16(20)15-6-4-3-5-11-18-15/h7-10,14-15,18H,2-6,11H2,1H3,(H,19,20). The predicted octanol–water partition coefficient (Wildman–Crippen LogP) is 3.44. The van der Waals surface area contributed by atoms with Gasteiger partial charge < -0.3 is 10.6 Å². The molecule has 20 heavy (non-hydrogen) atoms. The Morgan fingerprint density at radius 2 is 2.10 bits per heavy atom. The van der Waals surface area contributed by atoms with E-state index < -0.39 is 0 Å². The number of amides is 1. The Balaban J connectivity index is 1.98. The minimum atomic E-state index is -0.0427. The van der Waals surface area contributed by atoms with Gasteiger partial charge in [-0.05, 0) is 43.5 Å². The fraction of sp³-hybridized carbons (Fsp3) is 0.562. The van der Waals surface area contributed by atoms with Crippen molar-refractivity contribution in [2.75, 3.05) is 6.54 Å². The molecule has 4 heteroatoms. The lowest BCUT2D eigenvalue weighted by Crippen LogP contribution is -2.44. The number of halogens is 1. The van der Waals surface area contributed by atoms with Crippen LogP contribution in [-0.2, 0) is 4.79 Å². The van der Waals surface area contributed by atoms with E-state index in [-0.39, 0.29) is 18.0 Å². The van der Waals surface area contributed by atoms with Gasteiger partial charge in [-0.1, -0.05) is 43.5 Å². The van der Waals surface area contributed by atoms with E-state index in [0.29, 0.717) is 0 Å². The van der Waals surface area contributed by atoms with Crippen LogP contribution in [0.25, 0.3) is 0 Å². The summed E-state index contributed by atoms with van der Waals surface area (Å²) in [5, 5.41) is 7.22. The van der Waals surface area contributed by atoms with E-state index in [4.69, 9.17) is 11.6 Å². The molecule has 0 bridgehead atoms. The Kier molecular flexibility index (Phi) is 5.86. The van der Waals surface area contributed by atoms with Gasteiger partial charge in [-0.25, -0.2) is 0 Å². The second-order valence-corrected chi connectivity index (χ2v) is 5.81. The third-order valence-electron chi connectivity index (χ3n) is 3.87. The van der Waals surface area contributed by atoms with E-state index in [1.165, 1.54) is 6.42 Å². The number of nitrogens with one attached hydrogen (secondary N) is 2. The van der Waals surface area contributed by atoms with Crippen LogP contribution in [0, 0.1) is 0 Å². The molecule has 2 rings (SSSR count). The second-order valence-electron chi connectivity index (χ2n) is 5.38. The molecule has 0 aromatic heterocycles. The Labute approximate surface area is 126 Å². The number of rotatable bonds is 4. The summed E-state index contributed by atoms with van der Waals surface area (Å²) in [7, 11) is 0. The Bertz CT molecular complexity index is 425. The van der Waals surface area contributed by atoms with Crippen LogP contribution in [0.3, 0.4) is 0 Å². The zero-order valence-corrected chi connectivity index (χ0v) is 12.7. The van der Waals surface area contributed by atoms with E-state index >= 15 is 0 Å². The first kappa shape index (κ1) is 15.3. The smallest absolute Gasteiger partial charge is 0.237 e. The lowest BCUT2D eigenvalue weighted by Gasteiger charge is -2.22. The predicted molar refractivity (Wildman–Crippen MR) is 82.9 cm³/mol. The maximum absolute atomic E-state index is 12.4. The average molecular weight is 295 g/mol. The van der Waals surface area contributed by atoms with Crippen molar-refractivity contribution >= 4 is 17.5 Å². The zero-order chi connectivity index (χ0) is 14.4. The number of hydrogen-bond acceptors (Lipinski definition) is 2. The fourth-order valence-corrected chi connectivity index (χ4v) is 2.77. The van der Waals surface area contributed by atoms with Gasteiger partial charge in [0.05, 0.1) is 12.1 Å². The molecule has 110 valence electrons. The lowest BCUT2D eigenvalue weighted by atomic mass is 10.0. The maximum atomic E-state index is 12.4. The van der Waals surface area contributed by atoms with Crippen LogP contribution >= 0.6 is 11.6 Å². The van der Waals surface area contributed by atoms with Crippen molar-refractivity contribution in [1.82, 2.24) is 10.6 Å². The summed E-state index contributed by atoms with van der Waals surface area (Å²) in [6.45, 7) is 3.02. The molecule has 0 aliphatic carbocycles. The number of carbonyl (C=O) groups is 1. The molecule has 1 fully saturated rings. The third-order valence-corrected chi connectivity index (χ3v) is 4.13. The molecule has 0 radical (unpaired) electrons. The second kappa shape index (κ2) is 7.65. The molecule has 2 atom stereocenters. The van der Waals surface area contributed by atoms with Gasteiger partial charge in [0.25, 0.3) is 0 Å². The maximum Gasteiger partial charge on any atom is 0.237 e. The quantitative estimate of drug-likeness (QED) is 0.893. The van der Waals surface area contributed by atoms with E-state index in [0.717, 1.165) is 42.8 Å². The van der Waals surface area contributed by atoms with E-state index in [9.17, 15) is 4.79 Å². The summed E-state index contributed by atoms with van der Waals surface area (Å²) in [4.78, 5) is 12.4. The highest BCUT2D eigenvalue weighted by molar-refractivity contribution is 6.30. The van der Waals surface area contributed by atoms with E-state index in [1.54, 1.807) is 0 Å². The number of carbonyl (C=O) groups excluding carboxylic acids is 1. The summed E-state index contributed by atoms with van der Waals surface area (Å²) in [6, 6.07) is 7.73. The van der Waals surface area contributed by atoms with Crippen molar-refractivity contribution in [1.29, 1.82) is 0 Å². The molecule has 1 aromatic rings. The Morgan fingerprint density at radius 3 is 2.80 bits per heavy atom. The Hall–Kier alpha value is -1.06. The van der Waals surface area contributed by atoms with Crippen LogP contribution in [-0.4, -0.2) is 18.5 Å². The fourth-order valence-electron chi connectivity index (χ4n) is 2.64. The molecule has 2 unspecified atom stereocenters. The van der Waals surface area contributed by atoms with Crippen LogP contribution in [0.5, 0.6) is 0 Å². The molecule has 3 nitrogen and oxygen atoms in total. The SMILES string of the molecule is CCC(NC(=O)C1CCCCCN1)c1ccc(Cl)cc1. The van der Waals surface area contributed by atoms with Gasteiger partial charge in [-0.3, -0.25) is 4.79 Å². The first-order valence-electron chi connectivity index (χ1n) is 7.50. The van der Waals surface area contributed by atoms with Crippen LogP contribution in [0.15, 0.2) is 24.3 Å². The average Bonchev–Trinajstić information content (AvgIpc) is 2.75. The molecule has 0 saturated carbocycles. The molecule has 1 aliphatic rings. The van der Waals surface area contributed by atoms with Gasteiger partial charge in [0, 0.05) is 5.02 Å². The van der Waals surface area contributed by atoms with Gasteiger partial charge in [0.1, 0.15) is 0 Å². The topological polar surface area (TPSA) is 41.1 Å². The van der Waals surface area contributed by atoms with Crippen molar-refractivity contribution in [3.63, 3.8) is 0 Å². The molecule has 2 N–H and O–H groups in total. The summed E-state index contributed by atoms with van der Waals surface area (Å²) in [6.07, 6.45) is 5.31. The third kappa shape index (κ3) is 4.22. The Morgan fingerprint density at radius 1 is 1.35 bits per heavy atom. The van der Waals surface area contributed by atoms with Gasteiger partial charge in [0.2, 0.25) is 5.91 Å². The minimum Gasteiger partial charge on any atom is -0.348 e. The summed E-state index contributed by atoms with van der Waals surface area (Å²) < 4.78 is 0. The largest absolute Gasteiger partial charge is 0.348 e. The molecular formula is C16H23ClN2O. The molecular weight excluding hydrogens is 272 g/mol. The van der Waals surface area contributed by atoms with E-state index in [2.05, 4.69) is 17.6 Å². The highest BCUT2D eigenvalue weighted by atomic mass is 35.5. The van der Waals surface area contributed by atoms with Crippen LogP contribution in [0.2, 0.25) is 5.02 Å². The molecule has 0 spiro atoms. The molecule has 1 heterocycles. The van der Waals surface area contributed by atoms with Gasteiger partial charge in [-0.2, -0.15) is 0 Å². The van der Waals surface area contributed by atoms with E-state index in [1.807, 2.05) is 24.3 Å². The molecule has 1 aliphatic heterocycles. The van der Waals surface area contributed by atoms with Crippen LogP contribution < -0.4 is 10.6 Å².